The number of benzene rings is 1. The SMILES string of the molecule is N#CCC1=C(C(=O)O)N2C(=O)C(NC(=O)COc3ccccc3)C2C(=S)S1. The maximum absolute atomic E-state index is 12.4. The number of β-lactam (4-membered cyclic amide) rings is 1. The van der Waals surface area contributed by atoms with E-state index in [-0.39, 0.29) is 23.6 Å². The Balaban J connectivity index is 1.69. The number of ether oxygens (including phenoxy) is 1. The van der Waals surface area contributed by atoms with Gasteiger partial charge in [-0.25, -0.2) is 4.79 Å². The number of hydrogen-bond acceptors (Lipinski definition) is 7. The van der Waals surface area contributed by atoms with Gasteiger partial charge in [-0.2, -0.15) is 5.26 Å². The van der Waals surface area contributed by atoms with Crippen molar-refractivity contribution < 1.29 is 24.2 Å². The van der Waals surface area contributed by atoms with Gasteiger partial charge >= 0.3 is 5.97 Å². The van der Waals surface area contributed by atoms with E-state index in [1.165, 1.54) is 0 Å². The number of fused-ring (bicyclic) bond motifs is 1. The molecule has 2 unspecified atom stereocenters. The van der Waals surface area contributed by atoms with Gasteiger partial charge in [0.05, 0.1) is 16.7 Å². The van der Waals surface area contributed by atoms with E-state index in [0.29, 0.717) is 9.95 Å². The zero-order valence-electron chi connectivity index (χ0n) is 13.7. The van der Waals surface area contributed by atoms with Crippen molar-refractivity contribution in [1.29, 1.82) is 5.26 Å². The summed E-state index contributed by atoms with van der Waals surface area (Å²) < 4.78 is 5.66. The van der Waals surface area contributed by atoms with Crippen LogP contribution in [0.1, 0.15) is 6.42 Å². The molecule has 1 aromatic carbocycles. The first-order valence-corrected chi connectivity index (χ1v) is 9.02. The van der Waals surface area contributed by atoms with Crippen molar-refractivity contribution in [3.63, 3.8) is 0 Å². The molecule has 0 aromatic heterocycles. The van der Waals surface area contributed by atoms with Crippen LogP contribution in [0.3, 0.4) is 0 Å². The van der Waals surface area contributed by atoms with Gasteiger partial charge in [-0.15, -0.1) is 0 Å². The van der Waals surface area contributed by atoms with Gasteiger partial charge in [0.1, 0.15) is 23.5 Å². The molecule has 1 aromatic rings. The number of carbonyl (C=O) groups is 3. The second-order valence-corrected chi connectivity index (χ2v) is 7.47. The molecule has 2 amide bonds. The fraction of sp³-hybridized carbons (Fsp3) is 0.235. The van der Waals surface area contributed by atoms with Crippen LogP contribution in [0.2, 0.25) is 0 Å². The molecule has 10 heteroatoms. The Hall–Kier alpha value is -2.90. The summed E-state index contributed by atoms with van der Waals surface area (Å²) in [6.07, 6.45) is -0.162. The highest BCUT2D eigenvalue weighted by Gasteiger charge is 2.56. The van der Waals surface area contributed by atoms with Crippen LogP contribution in [-0.4, -0.2) is 50.7 Å². The van der Waals surface area contributed by atoms with Crippen molar-refractivity contribution in [3.8, 4) is 11.8 Å². The molecule has 27 heavy (non-hydrogen) atoms. The normalized spacial score (nSPS) is 21.1. The molecule has 1 fully saturated rings. The Morgan fingerprint density at radius 1 is 1.37 bits per heavy atom. The van der Waals surface area contributed by atoms with E-state index in [0.717, 1.165) is 16.7 Å². The summed E-state index contributed by atoms with van der Waals surface area (Å²) in [7, 11) is 0. The summed E-state index contributed by atoms with van der Waals surface area (Å²) in [5.41, 5.74) is -0.254. The Morgan fingerprint density at radius 2 is 2.07 bits per heavy atom. The Morgan fingerprint density at radius 3 is 2.70 bits per heavy atom. The maximum Gasteiger partial charge on any atom is 0.353 e. The molecule has 2 aliphatic heterocycles. The van der Waals surface area contributed by atoms with E-state index in [4.69, 9.17) is 22.2 Å². The van der Waals surface area contributed by atoms with Crippen molar-refractivity contribution in [1.82, 2.24) is 10.2 Å². The minimum absolute atomic E-state index is 0.162. The quantitative estimate of drug-likeness (QED) is 0.534. The average molecular weight is 403 g/mol. The number of hydrogen-bond donors (Lipinski definition) is 2. The largest absolute Gasteiger partial charge is 0.484 e. The van der Waals surface area contributed by atoms with E-state index in [1.807, 2.05) is 12.1 Å². The second kappa shape index (κ2) is 7.77. The zero-order valence-corrected chi connectivity index (χ0v) is 15.4. The number of carbonyl (C=O) groups excluding carboxylic acids is 2. The molecule has 0 saturated carbocycles. The predicted molar refractivity (Wildman–Crippen MR) is 99.6 cm³/mol. The summed E-state index contributed by atoms with van der Waals surface area (Å²) in [5.74, 6) is -1.90. The summed E-state index contributed by atoms with van der Waals surface area (Å²) in [5, 5.41) is 20.8. The van der Waals surface area contributed by atoms with Gasteiger partial charge in [0.2, 0.25) is 0 Å². The lowest BCUT2D eigenvalue weighted by Crippen LogP contribution is -2.73. The summed E-state index contributed by atoms with van der Waals surface area (Å²) in [4.78, 5) is 37.3. The number of nitrogens with one attached hydrogen (secondary N) is 1. The van der Waals surface area contributed by atoms with E-state index < -0.39 is 29.9 Å². The van der Waals surface area contributed by atoms with Crippen molar-refractivity contribution in [2.24, 2.45) is 0 Å². The molecule has 0 spiro atoms. The number of nitriles is 1. The fourth-order valence-corrected chi connectivity index (χ4v) is 4.35. The van der Waals surface area contributed by atoms with Gasteiger partial charge in [0.15, 0.2) is 6.61 Å². The molecule has 2 atom stereocenters. The number of thioether (sulfide) groups is 1. The van der Waals surface area contributed by atoms with Crippen LogP contribution in [0.4, 0.5) is 0 Å². The highest BCUT2D eigenvalue weighted by atomic mass is 32.2. The lowest BCUT2D eigenvalue weighted by molar-refractivity contribution is -0.151. The number of amides is 2. The highest BCUT2D eigenvalue weighted by Crippen LogP contribution is 2.42. The van der Waals surface area contributed by atoms with Crippen LogP contribution in [0.15, 0.2) is 40.9 Å². The van der Waals surface area contributed by atoms with Gasteiger partial charge in [-0.3, -0.25) is 14.5 Å². The molecule has 0 aliphatic carbocycles. The number of para-hydroxylation sites is 1. The van der Waals surface area contributed by atoms with Gasteiger partial charge < -0.3 is 15.2 Å². The number of thiocarbonyl (C=S) groups is 1. The van der Waals surface area contributed by atoms with Crippen LogP contribution >= 0.6 is 24.0 Å². The zero-order chi connectivity index (χ0) is 19.6. The standard InChI is InChI=1S/C17H13N3O5S2/c18-7-6-10-13(16(23)24)20-14(17(26)27-10)12(15(20)22)19-11(21)8-25-9-4-2-1-3-5-9/h1-5,12,14H,6,8H2,(H,19,21)(H,23,24). The molecular formula is C17H13N3O5S2. The molecule has 0 bridgehead atoms. The van der Waals surface area contributed by atoms with E-state index >= 15 is 0 Å². The third kappa shape index (κ3) is 3.65. The van der Waals surface area contributed by atoms with Gasteiger partial charge in [-0.1, -0.05) is 42.2 Å². The Labute approximate surface area is 163 Å². The molecule has 0 radical (unpaired) electrons. The maximum atomic E-state index is 12.4. The lowest BCUT2D eigenvalue weighted by atomic mass is 9.94. The molecule has 2 aliphatic rings. The first kappa shape index (κ1) is 18.9. The Kier molecular flexibility index (Phi) is 5.43. The van der Waals surface area contributed by atoms with Gasteiger partial charge in [-0.05, 0) is 12.1 Å². The number of carboxylic acid groups (broad SMARTS) is 1. The minimum atomic E-state index is -1.31. The number of nitrogens with zero attached hydrogens (tertiary/aromatic N) is 2. The van der Waals surface area contributed by atoms with Crippen molar-refractivity contribution in [2.75, 3.05) is 6.61 Å². The van der Waals surface area contributed by atoms with Crippen LogP contribution in [0.25, 0.3) is 0 Å². The number of aliphatic carboxylic acids is 1. The highest BCUT2D eigenvalue weighted by molar-refractivity contribution is 8.25. The molecule has 1 saturated heterocycles. The topological polar surface area (TPSA) is 120 Å². The average Bonchev–Trinajstić information content (AvgIpc) is 2.65. The number of rotatable bonds is 6. The lowest BCUT2D eigenvalue weighted by Gasteiger charge is -2.49. The van der Waals surface area contributed by atoms with Crippen LogP contribution in [-0.2, 0) is 14.4 Å². The molecular weight excluding hydrogens is 390 g/mol. The third-order valence-corrected chi connectivity index (χ3v) is 5.46. The first-order valence-electron chi connectivity index (χ1n) is 7.79. The molecule has 2 N–H and O–H groups in total. The van der Waals surface area contributed by atoms with Crippen LogP contribution in [0, 0.1) is 11.3 Å². The van der Waals surface area contributed by atoms with Crippen molar-refractivity contribution in [2.45, 2.75) is 18.5 Å². The number of carboxylic acids is 1. The Bertz CT molecular complexity index is 894. The van der Waals surface area contributed by atoms with Crippen LogP contribution in [0.5, 0.6) is 5.75 Å². The second-order valence-electron chi connectivity index (χ2n) is 5.63. The first-order chi connectivity index (χ1) is 12.9. The minimum Gasteiger partial charge on any atom is -0.484 e. The monoisotopic (exact) mass is 403 g/mol. The van der Waals surface area contributed by atoms with Crippen LogP contribution < -0.4 is 10.1 Å². The van der Waals surface area contributed by atoms with Gasteiger partial charge in [0.25, 0.3) is 11.8 Å². The van der Waals surface area contributed by atoms with Crippen molar-refractivity contribution in [3.05, 3.63) is 40.9 Å². The van der Waals surface area contributed by atoms with Gasteiger partial charge in [0, 0.05) is 4.91 Å². The van der Waals surface area contributed by atoms with E-state index in [9.17, 15) is 19.5 Å². The predicted octanol–water partition coefficient (Wildman–Crippen LogP) is 1.05. The summed E-state index contributed by atoms with van der Waals surface area (Å²) in [6, 6.07) is 8.89. The molecule has 2 heterocycles. The van der Waals surface area contributed by atoms with E-state index in [1.54, 1.807) is 24.3 Å². The summed E-state index contributed by atoms with van der Waals surface area (Å²) >= 11 is 6.25. The molecule has 8 nitrogen and oxygen atoms in total. The number of allylic oxidation sites excluding steroid dienone is 1. The molecule has 138 valence electrons. The smallest absolute Gasteiger partial charge is 0.353 e. The van der Waals surface area contributed by atoms with Crippen molar-refractivity contribution >= 4 is 46.0 Å². The third-order valence-electron chi connectivity index (χ3n) is 3.94. The summed E-state index contributed by atoms with van der Waals surface area (Å²) in [6.45, 7) is -0.290. The fourth-order valence-electron chi connectivity index (χ4n) is 2.78. The van der Waals surface area contributed by atoms with E-state index in [2.05, 4.69) is 5.32 Å². The molecule has 3 rings (SSSR count).